The molecule has 0 spiro atoms. The minimum Gasteiger partial charge on any atom is -0.466 e. The predicted octanol–water partition coefficient (Wildman–Crippen LogP) is 10.6. The minimum absolute atomic E-state index is 0.00503. The van der Waals surface area contributed by atoms with Crippen LogP contribution >= 0.6 is 0 Å². The molecule has 0 radical (unpaired) electrons. The number of ether oxygens (including phenoxy) is 2. The lowest BCUT2D eigenvalue weighted by molar-refractivity contribution is -0.145. The Hall–Kier alpha value is -1.14. The van der Waals surface area contributed by atoms with Crippen molar-refractivity contribution >= 4 is 11.9 Å². The van der Waals surface area contributed by atoms with Crippen LogP contribution in [0.5, 0.6) is 0 Å². The summed E-state index contributed by atoms with van der Waals surface area (Å²) in [5, 5.41) is 9.25. The number of aliphatic hydroxyl groups is 1. The van der Waals surface area contributed by atoms with E-state index in [9.17, 15) is 14.7 Å². The number of hydrogen-bond acceptors (Lipinski definition) is 6. The molecule has 2 atom stereocenters. The second kappa shape index (κ2) is 34.2. The van der Waals surface area contributed by atoms with E-state index in [0.29, 0.717) is 38.0 Å². The molecule has 0 aliphatic rings. The molecule has 0 aliphatic heterocycles. The van der Waals surface area contributed by atoms with E-state index >= 15 is 0 Å². The number of carbonyl (C=O) groups is 2. The molecule has 0 aromatic carbocycles. The van der Waals surface area contributed by atoms with Crippen molar-refractivity contribution in [2.75, 3.05) is 32.9 Å². The third kappa shape index (κ3) is 28.8. The molecule has 0 saturated heterocycles. The number of aliphatic hydroxyl groups excluding tert-OH is 1. The summed E-state index contributed by atoms with van der Waals surface area (Å²) in [6, 6.07) is 0.639. The van der Waals surface area contributed by atoms with Gasteiger partial charge in [0.05, 0.1) is 13.2 Å². The van der Waals surface area contributed by atoms with Crippen LogP contribution in [0.1, 0.15) is 195 Å². The maximum Gasteiger partial charge on any atom is 0.305 e. The SMILES string of the molecule is CCCCCCC(CCCC)COC(=O)CCCCCCCCC(CCCCCCCCC(=O)OCC)N(CC)CCCCO. The van der Waals surface area contributed by atoms with Crippen molar-refractivity contribution in [2.45, 2.75) is 201 Å². The van der Waals surface area contributed by atoms with Crippen LogP contribution in [0.3, 0.4) is 0 Å². The van der Waals surface area contributed by atoms with Crippen molar-refractivity contribution < 1.29 is 24.2 Å². The van der Waals surface area contributed by atoms with Gasteiger partial charge in [-0.2, -0.15) is 0 Å². The van der Waals surface area contributed by atoms with Crippen molar-refractivity contribution in [3.63, 3.8) is 0 Å². The molecule has 6 nitrogen and oxygen atoms in total. The number of carbonyl (C=O) groups excluding carboxylic acids is 2. The Balaban J connectivity index is 4.20. The van der Waals surface area contributed by atoms with Gasteiger partial charge in [-0.15, -0.1) is 0 Å². The highest BCUT2D eigenvalue weighted by molar-refractivity contribution is 5.69. The molecule has 1 N–H and O–H groups in total. The summed E-state index contributed by atoms with van der Waals surface area (Å²) in [6.45, 7) is 12.2. The summed E-state index contributed by atoms with van der Waals surface area (Å²) in [7, 11) is 0. The zero-order valence-electron chi connectivity index (χ0n) is 30.6. The summed E-state index contributed by atoms with van der Waals surface area (Å²) >= 11 is 0. The summed E-state index contributed by atoms with van der Waals surface area (Å²) in [5.41, 5.74) is 0. The third-order valence-corrected chi connectivity index (χ3v) is 9.33. The van der Waals surface area contributed by atoms with Crippen LogP contribution in [-0.4, -0.2) is 60.9 Å². The topological polar surface area (TPSA) is 76.1 Å². The monoisotopic (exact) mass is 640 g/mol. The zero-order valence-corrected chi connectivity index (χ0v) is 30.6. The first-order valence-electron chi connectivity index (χ1n) is 19.7. The number of esters is 2. The molecule has 0 aromatic rings. The molecule has 0 aliphatic carbocycles. The van der Waals surface area contributed by atoms with Crippen LogP contribution in [0, 0.1) is 5.92 Å². The first-order valence-corrected chi connectivity index (χ1v) is 19.7. The summed E-state index contributed by atoms with van der Waals surface area (Å²) < 4.78 is 10.7. The minimum atomic E-state index is -0.0595. The van der Waals surface area contributed by atoms with E-state index in [1.165, 1.54) is 116 Å². The van der Waals surface area contributed by atoms with Gasteiger partial charge in [-0.05, 0) is 77.3 Å². The molecular weight excluding hydrogens is 562 g/mol. The standard InChI is InChI=1S/C39H77NO5/c1-5-9-11-20-28-36(27-10-6-2)35-45-39(43)32-24-19-15-13-17-22-30-37(40(7-3)33-25-26-34-41)29-21-16-12-14-18-23-31-38(42)44-8-4/h36-37,41H,5-35H2,1-4H3. The normalized spacial score (nSPS) is 12.8. The molecule has 0 heterocycles. The Bertz CT molecular complexity index is 643. The fourth-order valence-electron chi connectivity index (χ4n) is 6.43. The van der Waals surface area contributed by atoms with Crippen LogP contribution in [0.4, 0.5) is 0 Å². The van der Waals surface area contributed by atoms with Gasteiger partial charge in [-0.25, -0.2) is 0 Å². The fraction of sp³-hybridized carbons (Fsp3) is 0.949. The van der Waals surface area contributed by atoms with E-state index in [1.807, 2.05) is 6.92 Å². The molecule has 2 unspecified atom stereocenters. The third-order valence-electron chi connectivity index (χ3n) is 9.33. The lowest BCUT2D eigenvalue weighted by Crippen LogP contribution is -2.36. The lowest BCUT2D eigenvalue weighted by Gasteiger charge is -2.31. The number of rotatable bonds is 35. The highest BCUT2D eigenvalue weighted by atomic mass is 16.5. The Morgan fingerprint density at radius 1 is 0.556 bits per heavy atom. The Morgan fingerprint density at radius 2 is 1.04 bits per heavy atom. The van der Waals surface area contributed by atoms with Crippen LogP contribution in [0.2, 0.25) is 0 Å². The smallest absolute Gasteiger partial charge is 0.305 e. The first-order chi connectivity index (χ1) is 22.0. The quantitative estimate of drug-likeness (QED) is 0.0549. The van der Waals surface area contributed by atoms with Gasteiger partial charge in [0, 0.05) is 25.5 Å². The molecule has 0 rings (SSSR count). The fourth-order valence-corrected chi connectivity index (χ4v) is 6.43. The number of unbranched alkanes of at least 4 members (excludes halogenated alkanes) is 15. The molecule has 45 heavy (non-hydrogen) atoms. The molecular formula is C39H77NO5. The van der Waals surface area contributed by atoms with E-state index in [2.05, 4.69) is 25.7 Å². The summed E-state index contributed by atoms with van der Waals surface area (Å²) in [6.07, 6.45) is 29.7. The van der Waals surface area contributed by atoms with Gasteiger partial charge in [-0.3, -0.25) is 9.59 Å². The molecule has 0 bridgehead atoms. The Morgan fingerprint density at radius 3 is 1.58 bits per heavy atom. The van der Waals surface area contributed by atoms with Crippen LogP contribution in [0.25, 0.3) is 0 Å². The maximum absolute atomic E-state index is 12.4. The molecule has 268 valence electrons. The number of nitrogens with zero attached hydrogens (tertiary/aromatic N) is 1. The van der Waals surface area contributed by atoms with Gasteiger partial charge in [0.25, 0.3) is 0 Å². The Labute approximate surface area is 280 Å². The molecule has 0 amide bonds. The van der Waals surface area contributed by atoms with E-state index in [1.54, 1.807) is 0 Å². The van der Waals surface area contributed by atoms with E-state index in [4.69, 9.17) is 9.47 Å². The molecule has 0 fully saturated rings. The zero-order chi connectivity index (χ0) is 33.2. The maximum atomic E-state index is 12.4. The second-order valence-corrected chi connectivity index (χ2v) is 13.4. The van der Waals surface area contributed by atoms with Crippen LogP contribution < -0.4 is 0 Å². The van der Waals surface area contributed by atoms with Gasteiger partial charge in [0.15, 0.2) is 0 Å². The van der Waals surface area contributed by atoms with Crippen molar-refractivity contribution in [3.8, 4) is 0 Å². The van der Waals surface area contributed by atoms with Crippen LogP contribution in [0.15, 0.2) is 0 Å². The van der Waals surface area contributed by atoms with Crippen molar-refractivity contribution in [3.05, 3.63) is 0 Å². The molecule has 0 aromatic heterocycles. The van der Waals surface area contributed by atoms with Gasteiger partial charge < -0.3 is 19.5 Å². The average Bonchev–Trinajstić information content (AvgIpc) is 3.04. The van der Waals surface area contributed by atoms with Crippen LogP contribution in [-0.2, 0) is 19.1 Å². The van der Waals surface area contributed by atoms with E-state index in [0.717, 1.165) is 51.6 Å². The van der Waals surface area contributed by atoms with Crippen molar-refractivity contribution in [1.29, 1.82) is 0 Å². The molecule has 6 heteroatoms. The average molecular weight is 640 g/mol. The predicted molar refractivity (Wildman–Crippen MR) is 191 cm³/mol. The van der Waals surface area contributed by atoms with Gasteiger partial charge in [0.1, 0.15) is 0 Å². The van der Waals surface area contributed by atoms with E-state index in [-0.39, 0.29) is 18.5 Å². The van der Waals surface area contributed by atoms with E-state index < -0.39 is 0 Å². The molecule has 0 saturated carbocycles. The highest BCUT2D eigenvalue weighted by Crippen LogP contribution is 2.21. The van der Waals surface area contributed by atoms with Gasteiger partial charge in [-0.1, -0.05) is 124 Å². The Kier molecular flexibility index (Phi) is 33.3. The summed E-state index contributed by atoms with van der Waals surface area (Å²) in [5.74, 6) is 0.489. The first kappa shape index (κ1) is 43.9. The largest absolute Gasteiger partial charge is 0.466 e. The number of hydrogen-bond donors (Lipinski definition) is 1. The highest BCUT2D eigenvalue weighted by Gasteiger charge is 2.16. The van der Waals surface area contributed by atoms with Crippen molar-refractivity contribution in [1.82, 2.24) is 4.90 Å². The van der Waals surface area contributed by atoms with Crippen molar-refractivity contribution in [2.24, 2.45) is 5.92 Å². The lowest BCUT2D eigenvalue weighted by atomic mass is 9.96. The summed E-state index contributed by atoms with van der Waals surface area (Å²) in [4.78, 5) is 26.5. The second-order valence-electron chi connectivity index (χ2n) is 13.4. The van der Waals surface area contributed by atoms with Gasteiger partial charge in [0.2, 0.25) is 0 Å². The van der Waals surface area contributed by atoms with Gasteiger partial charge >= 0.3 is 11.9 Å².